The van der Waals surface area contributed by atoms with Gasteiger partial charge in [0.2, 0.25) is 0 Å². The minimum Gasteiger partial charge on any atom is -0.381 e. The van der Waals surface area contributed by atoms with Gasteiger partial charge in [-0.25, -0.2) is 0 Å². The van der Waals surface area contributed by atoms with Gasteiger partial charge in [0.25, 0.3) is 0 Å². The maximum Gasteiger partial charge on any atom is 0.191 e. The van der Waals surface area contributed by atoms with Crippen LogP contribution >= 0.6 is 0 Å². The van der Waals surface area contributed by atoms with Crippen LogP contribution in [-0.2, 0) is 4.74 Å². The molecule has 1 fully saturated rings. The van der Waals surface area contributed by atoms with Gasteiger partial charge in [-0.1, -0.05) is 0 Å². The summed E-state index contributed by atoms with van der Waals surface area (Å²) in [5, 5.41) is 0. The van der Waals surface area contributed by atoms with Gasteiger partial charge < -0.3 is 15.4 Å². The number of guanidine groups is 1. The first-order valence-electron chi connectivity index (χ1n) is 5.36. The van der Waals surface area contributed by atoms with Gasteiger partial charge in [-0.05, 0) is 20.3 Å². The molecule has 2 N–H and O–H groups in total. The largest absolute Gasteiger partial charge is 0.381 e. The third-order valence-corrected chi connectivity index (χ3v) is 3.13. The molecule has 4 nitrogen and oxygen atoms in total. The molecule has 0 aliphatic carbocycles. The molecule has 0 saturated carbocycles. The Morgan fingerprint density at radius 3 is 2.93 bits per heavy atom. The van der Waals surface area contributed by atoms with Gasteiger partial charge >= 0.3 is 0 Å². The lowest BCUT2D eigenvalue weighted by Crippen LogP contribution is -2.48. The van der Waals surface area contributed by atoms with E-state index in [0.717, 1.165) is 26.2 Å². The molecule has 2 heterocycles. The zero-order valence-corrected chi connectivity index (χ0v) is 8.94. The van der Waals surface area contributed by atoms with Gasteiger partial charge in [-0.3, -0.25) is 4.99 Å². The van der Waals surface area contributed by atoms with E-state index in [1.54, 1.807) is 0 Å². The molecular formula is C10H19N3O. The first kappa shape index (κ1) is 9.77. The highest BCUT2D eigenvalue weighted by atomic mass is 16.5. The Bertz CT molecular complexity index is 234. The molecule has 2 aliphatic heterocycles. The van der Waals surface area contributed by atoms with Gasteiger partial charge in [0, 0.05) is 18.6 Å². The van der Waals surface area contributed by atoms with Gasteiger partial charge in [0.05, 0.1) is 19.2 Å². The van der Waals surface area contributed by atoms with Crippen LogP contribution in [0.15, 0.2) is 4.99 Å². The van der Waals surface area contributed by atoms with Crippen molar-refractivity contribution in [2.45, 2.75) is 32.4 Å². The summed E-state index contributed by atoms with van der Waals surface area (Å²) in [4.78, 5) is 6.57. The minimum absolute atomic E-state index is 0.437. The summed E-state index contributed by atoms with van der Waals surface area (Å²) in [5.74, 6) is 1.32. The van der Waals surface area contributed by atoms with Crippen LogP contribution in [0.2, 0.25) is 0 Å². The van der Waals surface area contributed by atoms with Crippen LogP contribution in [0.4, 0.5) is 0 Å². The van der Waals surface area contributed by atoms with E-state index in [1.165, 1.54) is 0 Å². The fourth-order valence-corrected chi connectivity index (χ4v) is 2.41. The van der Waals surface area contributed by atoms with Gasteiger partial charge in [-0.2, -0.15) is 0 Å². The third-order valence-electron chi connectivity index (χ3n) is 3.13. The summed E-state index contributed by atoms with van der Waals surface area (Å²) in [6, 6.07) is 0.907. The second-order valence-corrected chi connectivity index (χ2v) is 4.39. The average molecular weight is 197 g/mol. The summed E-state index contributed by atoms with van der Waals surface area (Å²) < 4.78 is 5.41. The smallest absolute Gasteiger partial charge is 0.191 e. The molecule has 0 aromatic rings. The number of rotatable bonds is 2. The molecule has 1 saturated heterocycles. The molecule has 0 radical (unpaired) electrons. The highest BCUT2D eigenvalue weighted by Crippen LogP contribution is 2.25. The molecule has 4 heteroatoms. The number of hydrogen-bond donors (Lipinski definition) is 1. The molecule has 14 heavy (non-hydrogen) atoms. The van der Waals surface area contributed by atoms with Crippen LogP contribution in [0.5, 0.6) is 0 Å². The van der Waals surface area contributed by atoms with Crippen LogP contribution in [0, 0.1) is 5.92 Å². The first-order valence-corrected chi connectivity index (χ1v) is 5.36. The van der Waals surface area contributed by atoms with Gasteiger partial charge in [0.1, 0.15) is 0 Å². The number of nitrogens with two attached hydrogens (primary N) is 1. The molecule has 80 valence electrons. The maximum absolute atomic E-state index is 5.87. The predicted molar refractivity (Wildman–Crippen MR) is 56.2 cm³/mol. The van der Waals surface area contributed by atoms with Crippen LogP contribution in [0.3, 0.4) is 0 Å². The monoisotopic (exact) mass is 197 g/mol. The fourth-order valence-electron chi connectivity index (χ4n) is 2.41. The highest BCUT2D eigenvalue weighted by Gasteiger charge is 2.36. The first-order chi connectivity index (χ1) is 6.70. The summed E-state index contributed by atoms with van der Waals surface area (Å²) in [7, 11) is 0. The number of aliphatic imine (C=N–C) groups is 1. The Labute approximate surface area is 85.1 Å². The number of hydrogen-bond acceptors (Lipinski definition) is 4. The molecular weight excluding hydrogens is 178 g/mol. The second kappa shape index (κ2) is 3.77. The topological polar surface area (TPSA) is 50.8 Å². The average Bonchev–Trinajstić information content (AvgIpc) is 2.70. The Kier molecular flexibility index (Phi) is 2.63. The van der Waals surface area contributed by atoms with Crippen molar-refractivity contribution < 1.29 is 4.74 Å². The van der Waals surface area contributed by atoms with Crippen molar-refractivity contribution in [3.8, 4) is 0 Å². The molecule has 2 aliphatic rings. The highest BCUT2D eigenvalue weighted by molar-refractivity contribution is 5.80. The lowest BCUT2D eigenvalue weighted by atomic mass is 9.97. The van der Waals surface area contributed by atoms with E-state index < -0.39 is 0 Å². The van der Waals surface area contributed by atoms with E-state index >= 15 is 0 Å². The molecule has 0 aromatic carbocycles. The van der Waals surface area contributed by atoms with Crippen molar-refractivity contribution in [2.75, 3.05) is 19.8 Å². The Hall–Kier alpha value is -0.770. The van der Waals surface area contributed by atoms with Crippen LogP contribution in [0.25, 0.3) is 0 Å². The molecule has 0 amide bonds. The van der Waals surface area contributed by atoms with Crippen LogP contribution in [-0.4, -0.2) is 42.7 Å². The van der Waals surface area contributed by atoms with Crippen molar-refractivity contribution in [1.82, 2.24) is 4.90 Å². The quantitative estimate of drug-likeness (QED) is 0.698. The van der Waals surface area contributed by atoms with Crippen molar-refractivity contribution in [1.29, 1.82) is 0 Å². The normalized spacial score (nSPS) is 32.8. The molecule has 0 aromatic heterocycles. The minimum atomic E-state index is 0.437. The predicted octanol–water partition coefficient (Wildman–Crippen LogP) is 0.430. The summed E-state index contributed by atoms with van der Waals surface area (Å²) in [5.41, 5.74) is 5.87. The van der Waals surface area contributed by atoms with E-state index in [4.69, 9.17) is 10.5 Å². The van der Waals surface area contributed by atoms with E-state index in [0.29, 0.717) is 24.0 Å². The Morgan fingerprint density at radius 2 is 2.36 bits per heavy atom. The van der Waals surface area contributed by atoms with Crippen molar-refractivity contribution in [3.05, 3.63) is 0 Å². The van der Waals surface area contributed by atoms with E-state index in [9.17, 15) is 0 Å². The molecule has 0 spiro atoms. The number of nitrogens with zero attached hydrogens (tertiary/aromatic N) is 2. The van der Waals surface area contributed by atoms with Crippen molar-refractivity contribution in [2.24, 2.45) is 16.6 Å². The van der Waals surface area contributed by atoms with Gasteiger partial charge in [-0.15, -0.1) is 0 Å². The SMILES string of the molecule is CC(C)N1C(N)=NCC1C1CCOC1. The molecule has 2 unspecified atom stereocenters. The zero-order valence-electron chi connectivity index (χ0n) is 8.94. The lowest BCUT2D eigenvalue weighted by Gasteiger charge is -2.33. The summed E-state index contributed by atoms with van der Waals surface area (Å²) >= 11 is 0. The van der Waals surface area contributed by atoms with Crippen LogP contribution in [0.1, 0.15) is 20.3 Å². The zero-order chi connectivity index (χ0) is 10.1. The van der Waals surface area contributed by atoms with Gasteiger partial charge in [0.15, 0.2) is 5.96 Å². The summed E-state index contributed by atoms with van der Waals surface area (Å²) in [6.07, 6.45) is 1.15. The maximum atomic E-state index is 5.87. The molecule has 2 atom stereocenters. The van der Waals surface area contributed by atoms with Crippen molar-refractivity contribution in [3.63, 3.8) is 0 Å². The number of ether oxygens (including phenoxy) is 1. The third kappa shape index (κ3) is 1.59. The van der Waals surface area contributed by atoms with E-state index in [1.807, 2.05) is 0 Å². The van der Waals surface area contributed by atoms with E-state index in [-0.39, 0.29) is 0 Å². The molecule has 0 bridgehead atoms. The lowest BCUT2D eigenvalue weighted by molar-refractivity contribution is 0.155. The second-order valence-electron chi connectivity index (χ2n) is 4.39. The Balaban J connectivity index is 2.05. The summed E-state index contributed by atoms with van der Waals surface area (Å²) in [6.45, 7) is 6.94. The molecule has 2 rings (SSSR count). The van der Waals surface area contributed by atoms with Crippen LogP contribution < -0.4 is 5.73 Å². The Morgan fingerprint density at radius 1 is 1.57 bits per heavy atom. The fraction of sp³-hybridized carbons (Fsp3) is 0.900. The standard InChI is InChI=1S/C10H19N3O/c1-7(2)13-9(5-12-10(13)11)8-3-4-14-6-8/h7-9H,3-6H2,1-2H3,(H2,11,12). The van der Waals surface area contributed by atoms with E-state index in [2.05, 4.69) is 23.7 Å². The van der Waals surface area contributed by atoms with Crippen molar-refractivity contribution >= 4 is 5.96 Å².